The molecule has 4 aromatic rings. The van der Waals surface area contributed by atoms with Crippen molar-refractivity contribution in [1.82, 2.24) is 5.32 Å². The van der Waals surface area contributed by atoms with Gasteiger partial charge in [-0.2, -0.15) is 0 Å². The highest BCUT2D eigenvalue weighted by Crippen LogP contribution is 2.46. The van der Waals surface area contributed by atoms with E-state index in [4.69, 9.17) is 11.6 Å². The van der Waals surface area contributed by atoms with Crippen molar-refractivity contribution in [2.75, 3.05) is 36.0 Å². The Morgan fingerprint density at radius 1 is 0.895 bits per heavy atom. The van der Waals surface area contributed by atoms with Gasteiger partial charge in [-0.05, 0) is 59.2 Å². The Hall–Kier alpha value is -3.87. The Labute approximate surface area is 226 Å². The lowest BCUT2D eigenvalue weighted by atomic mass is 9.71. The van der Waals surface area contributed by atoms with Crippen molar-refractivity contribution < 1.29 is 14.7 Å². The molecular formula is C31H28ClN3O3. The van der Waals surface area contributed by atoms with Crippen LogP contribution < -0.4 is 15.1 Å². The molecule has 0 aromatic heterocycles. The molecule has 1 fully saturated rings. The Morgan fingerprint density at radius 3 is 2.32 bits per heavy atom. The quantitative estimate of drug-likeness (QED) is 0.354. The molecule has 2 aliphatic rings. The molecule has 192 valence electrons. The number of aromatic hydroxyl groups is 1. The maximum Gasteiger partial charge on any atom is 0.245 e. The van der Waals surface area contributed by atoms with Crippen LogP contribution in [0, 0.1) is 0 Å². The fourth-order valence-corrected chi connectivity index (χ4v) is 5.84. The highest BCUT2D eigenvalue weighted by molar-refractivity contribution is 6.34. The molecule has 7 heteroatoms. The normalized spacial score (nSPS) is 19.6. The number of Topliss-reactive ketones (excluding diaryl/α,β-unsaturated/α-hetero) is 1. The number of carbonyl (C=O) groups excluding carboxylic acids is 2. The minimum atomic E-state index is -1.46. The van der Waals surface area contributed by atoms with Crippen LogP contribution in [0.4, 0.5) is 11.4 Å². The minimum absolute atomic E-state index is 0.0785. The largest absolute Gasteiger partial charge is 0.508 e. The molecule has 1 saturated heterocycles. The number of ketones is 1. The number of hydrogen-bond donors (Lipinski definition) is 2. The van der Waals surface area contributed by atoms with Crippen LogP contribution >= 0.6 is 11.6 Å². The summed E-state index contributed by atoms with van der Waals surface area (Å²) in [6, 6.07) is 24.2. The number of rotatable bonds is 4. The van der Waals surface area contributed by atoms with Gasteiger partial charge in [0.25, 0.3) is 0 Å². The molecule has 0 spiro atoms. The van der Waals surface area contributed by atoms with E-state index in [0.717, 1.165) is 48.2 Å². The van der Waals surface area contributed by atoms with E-state index in [1.54, 1.807) is 30.0 Å². The number of carbonyl (C=O) groups is 2. The lowest BCUT2D eigenvalue weighted by molar-refractivity contribution is -0.122. The fourth-order valence-electron chi connectivity index (χ4n) is 5.63. The number of phenolic OH excluding ortho intramolecular Hbond substituents is 1. The molecule has 1 atom stereocenters. The van der Waals surface area contributed by atoms with Crippen molar-refractivity contribution >= 4 is 45.4 Å². The second kappa shape index (κ2) is 9.46. The zero-order valence-corrected chi connectivity index (χ0v) is 21.8. The SMILES string of the molecule is CC1(c2ccc(O)cc2)C(=O)c2c(N3CCNCC3)cc(Cl)cc2N(Cc2ccc3ccccc3c2)C1=O. The molecule has 2 aliphatic heterocycles. The Kier molecular flexibility index (Phi) is 6.09. The molecule has 2 heterocycles. The Morgan fingerprint density at radius 2 is 1.58 bits per heavy atom. The number of benzene rings is 4. The van der Waals surface area contributed by atoms with Crippen molar-refractivity contribution in [3.63, 3.8) is 0 Å². The number of piperazine rings is 1. The van der Waals surface area contributed by atoms with Crippen LogP contribution in [0.15, 0.2) is 78.9 Å². The number of phenols is 1. The minimum Gasteiger partial charge on any atom is -0.508 e. The summed E-state index contributed by atoms with van der Waals surface area (Å²) in [4.78, 5) is 32.6. The first-order valence-corrected chi connectivity index (χ1v) is 13.2. The van der Waals surface area contributed by atoms with Crippen molar-refractivity contribution in [3.05, 3.63) is 101 Å². The van der Waals surface area contributed by atoms with Crippen molar-refractivity contribution in [2.24, 2.45) is 0 Å². The summed E-state index contributed by atoms with van der Waals surface area (Å²) in [5.41, 5.74) is 1.82. The zero-order valence-electron chi connectivity index (χ0n) is 21.1. The van der Waals surface area contributed by atoms with Gasteiger partial charge in [-0.1, -0.05) is 60.1 Å². The smallest absolute Gasteiger partial charge is 0.245 e. The zero-order chi connectivity index (χ0) is 26.4. The first kappa shape index (κ1) is 24.5. The van der Waals surface area contributed by atoms with Crippen LogP contribution in [-0.2, 0) is 16.8 Å². The van der Waals surface area contributed by atoms with Crippen molar-refractivity contribution in [2.45, 2.75) is 18.9 Å². The third-order valence-electron chi connectivity index (χ3n) is 7.76. The molecule has 4 aromatic carbocycles. The average molecular weight is 526 g/mol. The van der Waals surface area contributed by atoms with Gasteiger partial charge in [-0.25, -0.2) is 0 Å². The van der Waals surface area contributed by atoms with Gasteiger partial charge in [-0.15, -0.1) is 0 Å². The predicted molar refractivity (Wildman–Crippen MR) is 151 cm³/mol. The molecule has 6 nitrogen and oxygen atoms in total. The lowest BCUT2D eigenvalue weighted by Gasteiger charge is -2.42. The summed E-state index contributed by atoms with van der Waals surface area (Å²) in [6.45, 7) is 5.04. The number of anilines is 2. The van der Waals surface area contributed by atoms with Gasteiger partial charge in [0.05, 0.1) is 23.5 Å². The van der Waals surface area contributed by atoms with E-state index >= 15 is 0 Å². The van der Waals surface area contributed by atoms with E-state index < -0.39 is 5.41 Å². The van der Waals surface area contributed by atoms with Gasteiger partial charge >= 0.3 is 0 Å². The first-order chi connectivity index (χ1) is 18.4. The topological polar surface area (TPSA) is 72.9 Å². The van der Waals surface area contributed by atoms with E-state index in [2.05, 4.69) is 28.4 Å². The summed E-state index contributed by atoms with van der Waals surface area (Å²) in [6.07, 6.45) is 0. The van der Waals surface area contributed by atoms with Crippen LogP contribution in [0.5, 0.6) is 5.75 Å². The molecule has 0 bridgehead atoms. The summed E-state index contributed by atoms with van der Waals surface area (Å²) < 4.78 is 0. The fraction of sp³-hybridized carbons (Fsp3) is 0.226. The van der Waals surface area contributed by atoms with Crippen molar-refractivity contribution in [1.29, 1.82) is 0 Å². The standard InChI is InChI=1S/C31H28ClN3O3/c1-31(23-8-10-25(36)11-9-23)29(37)28-26(34-14-12-33-13-15-34)17-24(32)18-27(28)35(30(31)38)19-20-6-7-21-4-2-3-5-22(21)16-20/h2-11,16-18,33,36H,12-15,19H2,1H3. The average Bonchev–Trinajstić information content (AvgIpc) is 2.94. The lowest BCUT2D eigenvalue weighted by Crippen LogP contribution is -2.55. The van der Waals surface area contributed by atoms with Gasteiger partial charge in [-0.3, -0.25) is 9.59 Å². The Bertz CT molecular complexity index is 1560. The van der Waals surface area contributed by atoms with Crippen LogP contribution in [-0.4, -0.2) is 43.0 Å². The van der Waals surface area contributed by atoms with Crippen LogP contribution in [0.25, 0.3) is 10.8 Å². The molecule has 0 radical (unpaired) electrons. The van der Waals surface area contributed by atoms with Crippen molar-refractivity contribution in [3.8, 4) is 5.75 Å². The van der Waals surface area contributed by atoms with E-state index in [9.17, 15) is 14.7 Å². The second-order valence-electron chi connectivity index (χ2n) is 10.1. The van der Waals surface area contributed by atoms with Crippen LogP contribution in [0.1, 0.15) is 28.4 Å². The maximum atomic E-state index is 14.4. The van der Waals surface area contributed by atoms with Crippen LogP contribution in [0.2, 0.25) is 5.02 Å². The molecule has 6 rings (SSSR count). The third-order valence-corrected chi connectivity index (χ3v) is 7.98. The Balaban J connectivity index is 1.54. The van der Waals surface area contributed by atoms with Gasteiger partial charge in [0.2, 0.25) is 5.91 Å². The summed E-state index contributed by atoms with van der Waals surface area (Å²) in [5, 5.41) is 15.9. The van der Waals surface area contributed by atoms with Gasteiger partial charge in [0.1, 0.15) is 11.2 Å². The molecule has 38 heavy (non-hydrogen) atoms. The highest BCUT2D eigenvalue weighted by atomic mass is 35.5. The molecule has 2 N–H and O–H groups in total. The molecule has 1 amide bonds. The molecular weight excluding hydrogens is 498 g/mol. The second-order valence-corrected chi connectivity index (χ2v) is 10.6. The van der Waals surface area contributed by atoms with Gasteiger partial charge in [0, 0.05) is 31.2 Å². The molecule has 1 unspecified atom stereocenters. The third kappa shape index (κ3) is 4.01. The van der Waals surface area contributed by atoms with E-state index in [1.165, 1.54) is 12.1 Å². The molecule has 0 aliphatic carbocycles. The monoisotopic (exact) mass is 525 g/mol. The van der Waals surface area contributed by atoms with E-state index in [-0.39, 0.29) is 17.4 Å². The van der Waals surface area contributed by atoms with E-state index in [0.29, 0.717) is 28.4 Å². The van der Waals surface area contributed by atoms with Gasteiger partial charge < -0.3 is 20.2 Å². The number of fused-ring (bicyclic) bond motifs is 2. The summed E-state index contributed by atoms with van der Waals surface area (Å²) in [7, 11) is 0. The van der Waals surface area contributed by atoms with E-state index in [1.807, 2.05) is 30.3 Å². The summed E-state index contributed by atoms with van der Waals surface area (Å²) >= 11 is 6.63. The predicted octanol–water partition coefficient (Wildman–Crippen LogP) is 5.30. The number of hydrogen-bond acceptors (Lipinski definition) is 5. The summed E-state index contributed by atoms with van der Waals surface area (Å²) in [5.74, 6) is -0.500. The number of amides is 1. The molecule has 0 saturated carbocycles. The van der Waals surface area contributed by atoms with Crippen LogP contribution in [0.3, 0.4) is 0 Å². The maximum absolute atomic E-state index is 14.4. The van der Waals surface area contributed by atoms with Gasteiger partial charge in [0.15, 0.2) is 5.78 Å². The number of nitrogens with one attached hydrogen (secondary N) is 1. The number of nitrogens with zero attached hydrogens (tertiary/aromatic N) is 2. The number of halogens is 1. The highest BCUT2D eigenvalue weighted by Gasteiger charge is 2.52. The first-order valence-electron chi connectivity index (χ1n) is 12.8.